The summed E-state index contributed by atoms with van der Waals surface area (Å²) >= 11 is 1.67. The van der Waals surface area contributed by atoms with Crippen LogP contribution in [-0.2, 0) is 11.3 Å². The zero-order valence-electron chi connectivity index (χ0n) is 14.7. The van der Waals surface area contributed by atoms with E-state index >= 15 is 0 Å². The predicted octanol–water partition coefficient (Wildman–Crippen LogP) is 3.71. The van der Waals surface area contributed by atoms with Crippen LogP contribution in [0.1, 0.15) is 33.6 Å². The van der Waals surface area contributed by atoms with Crippen molar-refractivity contribution in [3.63, 3.8) is 0 Å². The third-order valence-corrected chi connectivity index (χ3v) is 5.00. The van der Waals surface area contributed by atoms with Crippen molar-refractivity contribution >= 4 is 17.7 Å². The first-order valence-electron chi connectivity index (χ1n) is 8.60. The molecule has 0 saturated heterocycles. The summed E-state index contributed by atoms with van der Waals surface area (Å²) in [7, 11) is 0. The number of nitrogens with zero attached hydrogens (tertiary/aromatic N) is 4. The molecule has 0 aliphatic rings. The normalized spacial score (nSPS) is 10.8. The second-order valence-electron chi connectivity index (χ2n) is 5.43. The minimum atomic E-state index is 0.238. The SMILES string of the molecule is CCN(CC)C(=O)CCCSc1nnc(-c2ccccc2)n1CC. The first-order chi connectivity index (χ1) is 11.7. The molecule has 0 atom stereocenters. The van der Waals surface area contributed by atoms with Gasteiger partial charge in [0, 0.05) is 37.4 Å². The Labute approximate surface area is 148 Å². The number of hydrogen-bond donors (Lipinski definition) is 0. The topological polar surface area (TPSA) is 51.0 Å². The van der Waals surface area contributed by atoms with Crippen LogP contribution in [0.25, 0.3) is 11.4 Å². The van der Waals surface area contributed by atoms with Crippen LogP contribution >= 0.6 is 11.8 Å². The molecule has 130 valence electrons. The summed E-state index contributed by atoms with van der Waals surface area (Å²) in [4.78, 5) is 13.9. The second kappa shape index (κ2) is 9.47. The Bertz CT molecular complexity index is 638. The molecule has 24 heavy (non-hydrogen) atoms. The van der Waals surface area contributed by atoms with Crippen molar-refractivity contribution in [2.45, 2.75) is 45.3 Å². The molecule has 1 amide bonds. The largest absolute Gasteiger partial charge is 0.343 e. The van der Waals surface area contributed by atoms with Crippen molar-refractivity contribution in [3.05, 3.63) is 30.3 Å². The maximum absolute atomic E-state index is 12.0. The standard InChI is InChI=1S/C18H26N4OS/c1-4-21(5-2)16(23)13-10-14-24-18-20-19-17(22(18)6-3)15-11-8-7-9-12-15/h7-9,11-12H,4-6,10,13-14H2,1-3H3. The first-order valence-corrected chi connectivity index (χ1v) is 9.58. The fourth-order valence-corrected chi connectivity index (χ4v) is 3.54. The fourth-order valence-electron chi connectivity index (χ4n) is 2.60. The molecular weight excluding hydrogens is 320 g/mol. The maximum atomic E-state index is 12.0. The van der Waals surface area contributed by atoms with Gasteiger partial charge >= 0.3 is 0 Å². The summed E-state index contributed by atoms with van der Waals surface area (Å²) in [6.07, 6.45) is 1.46. The number of rotatable bonds is 9. The highest BCUT2D eigenvalue weighted by atomic mass is 32.2. The molecule has 0 N–H and O–H groups in total. The van der Waals surface area contributed by atoms with Crippen LogP contribution in [0.5, 0.6) is 0 Å². The van der Waals surface area contributed by atoms with Gasteiger partial charge in [0.25, 0.3) is 0 Å². The molecule has 0 bridgehead atoms. The third-order valence-electron chi connectivity index (χ3n) is 3.95. The van der Waals surface area contributed by atoms with E-state index in [-0.39, 0.29) is 5.91 Å². The highest BCUT2D eigenvalue weighted by Gasteiger charge is 2.13. The van der Waals surface area contributed by atoms with Crippen molar-refractivity contribution in [1.29, 1.82) is 0 Å². The molecule has 0 spiro atoms. The Morgan fingerprint density at radius 1 is 1.12 bits per heavy atom. The number of aromatic nitrogens is 3. The minimum Gasteiger partial charge on any atom is -0.343 e. The monoisotopic (exact) mass is 346 g/mol. The van der Waals surface area contributed by atoms with Crippen molar-refractivity contribution in [3.8, 4) is 11.4 Å². The van der Waals surface area contributed by atoms with E-state index in [1.807, 2.05) is 49.1 Å². The number of amides is 1. The van der Waals surface area contributed by atoms with Crippen molar-refractivity contribution in [1.82, 2.24) is 19.7 Å². The van der Waals surface area contributed by atoms with E-state index < -0.39 is 0 Å². The Kier molecular flexibility index (Phi) is 7.31. The average molecular weight is 347 g/mol. The van der Waals surface area contributed by atoms with Crippen LogP contribution in [0.4, 0.5) is 0 Å². The van der Waals surface area contributed by atoms with E-state index in [2.05, 4.69) is 21.7 Å². The summed E-state index contributed by atoms with van der Waals surface area (Å²) in [6, 6.07) is 10.1. The van der Waals surface area contributed by atoms with Gasteiger partial charge in [-0.1, -0.05) is 42.1 Å². The first kappa shape index (κ1) is 18.5. The molecule has 0 fully saturated rings. The van der Waals surface area contributed by atoms with E-state index in [9.17, 15) is 4.79 Å². The van der Waals surface area contributed by atoms with Gasteiger partial charge in [-0.3, -0.25) is 4.79 Å². The molecule has 1 aromatic heterocycles. The average Bonchev–Trinajstić information content (AvgIpc) is 3.03. The summed E-state index contributed by atoms with van der Waals surface area (Å²) in [5.74, 6) is 2.02. The van der Waals surface area contributed by atoms with Gasteiger partial charge in [-0.05, 0) is 27.2 Å². The van der Waals surface area contributed by atoms with E-state index in [4.69, 9.17) is 0 Å². The number of thioether (sulfide) groups is 1. The van der Waals surface area contributed by atoms with E-state index in [1.54, 1.807) is 11.8 Å². The molecule has 0 unspecified atom stereocenters. The molecule has 5 nitrogen and oxygen atoms in total. The van der Waals surface area contributed by atoms with Crippen LogP contribution in [0.15, 0.2) is 35.5 Å². The number of carbonyl (C=O) groups is 1. The van der Waals surface area contributed by atoms with E-state index in [0.717, 1.165) is 48.4 Å². The Morgan fingerprint density at radius 2 is 1.83 bits per heavy atom. The quantitative estimate of drug-likeness (QED) is 0.513. The van der Waals surface area contributed by atoms with Crippen molar-refractivity contribution in [2.75, 3.05) is 18.8 Å². The van der Waals surface area contributed by atoms with Crippen LogP contribution in [-0.4, -0.2) is 44.4 Å². The van der Waals surface area contributed by atoms with Gasteiger partial charge in [0.2, 0.25) is 5.91 Å². The zero-order chi connectivity index (χ0) is 17.4. The Morgan fingerprint density at radius 3 is 2.46 bits per heavy atom. The molecule has 0 aliphatic heterocycles. The summed E-state index contributed by atoms with van der Waals surface area (Å²) < 4.78 is 2.13. The molecule has 0 saturated carbocycles. The summed E-state index contributed by atoms with van der Waals surface area (Å²) in [6.45, 7) is 8.54. The molecule has 1 aromatic carbocycles. The molecule has 2 aromatic rings. The van der Waals surface area contributed by atoms with E-state index in [0.29, 0.717) is 6.42 Å². The van der Waals surface area contributed by atoms with Crippen molar-refractivity contribution < 1.29 is 4.79 Å². The van der Waals surface area contributed by atoms with Crippen LogP contribution in [0.2, 0.25) is 0 Å². The minimum absolute atomic E-state index is 0.238. The van der Waals surface area contributed by atoms with Gasteiger partial charge in [-0.15, -0.1) is 10.2 Å². The highest BCUT2D eigenvalue weighted by Crippen LogP contribution is 2.24. The molecule has 2 rings (SSSR count). The molecule has 6 heteroatoms. The van der Waals surface area contributed by atoms with Crippen molar-refractivity contribution in [2.24, 2.45) is 0 Å². The lowest BCUT2D eigenvalue weighted by Crippen LogP contribution is -2.30. The third kappa shape index (κ3) is 4.60. The Balaban J connectivity index is 1.92. The van der Waals surface area contributed by atoms with Crippen LogP contribution in [0.3, 0.4) is 0 Å². The molecule has 0 aliphatic carbocycles. The zero-order valence-corrected chi connectivity index (χ0v) is 15.6. The number of benzene rings is 1. The van der Waals surface area contributed by atoms with Crippen LogP contribution < -0.4 is 0 Å². The van der Waals surface area contributed by atoms with Gasteiger partial charge in [0.15, 0.2) is 11.0 Å². The van der Waals surface area contributed by atoms with E-state index in [1.165, 1.54) is 0 Å². The highest BCUT2D eigenvalue weighted by molar-refractivity contribution is 7.99. The number of carbonyl (C=O) groups excluding carboxylic acids is 1. The molecule has 1 heterocycles. The van der Waals surface area contributed by atoms with Gasteiger partial charge in [0.05, 0.1) is 0 Å². The summed E-state index contributed by atoms with van der Waals surface area (Å²) in [5, 5.41) is 9.59. The second-order valence-corrected chi connectivity index (χ2v) is 6.50. The van der Waals surface area contributed by atoms with Gasteiger partial charge < -0.3 is 9.47 Å². The van der Waals surface area contributed by atoms with Gasteiger partial charge in [-0.2, -0.15) is 0 Å². The van der Waals surface area contributed by atoms with Gasteiger partial charge in [-0.25, -0.2) is 0 Å². The number of hydrogen-bond acceptors (Lipinski definition) is 4. The molecule has 0 radical (unpaired) electrons. The lowest BCUT2D eigenvalue weighted by molar-refractivity contribution is -0.130. The van der Waals surface area contributed by atoms with Crippen LogP contribution in [0, 0.1) is 0 Å². The maximum Gasteiger partial charge on any atom is 0.222 e. The lowest BCUT2D eigenvalue weighted by atomic mass is 10.2. The summed E-state index contributed by atoms with van der Waals surface area (Å²) in [5.41, 5.74) is 1.08. The Hall–Kier alpha value is -1.82. The smallest absolute Gasteiger partial charge is 0.222 e. The van der Waals surface area contributed by atoms with Gasteiger partial charge in [0.1, 0.15) is 0 Å². The molecular formula is C18H26N4OS. The predicted molar refractivity (Wildman–Crippen MR) is 99.0 cm³/mol. The lowest BCUT2D eigenvalue weighted by Gasteiger charge is -2.18. The fraction of sp³-hybridized carbons (Fsp3) is 0.500.